The van der Waals surface area contributed by atoms with Gasteiger partial charge in [0.2, 0.25) is 10.0 Å². The molecule has 0 saturated carbocycles. The Morgan fingerprint density at radius 1 is 1.40 bits per heavy atom. The molecule has 1 saturated heterocycles. The summed E-state index contributed by atoms with van der Waals surface area (Å²) in [4.78, 5) is 22.4. The molecule has 7 nitrogen and oxygen atoms in total. The second-order valence-corrected chi connectivity index (χ2v) is 7.41. The predicted molar refractivity (Wildman–Crippen MR) is 71.4 cm³/mol. The molecule has 1 aliphatic rings. The van der Waals surface area contributed by atoms with Crippen LogP contribution in [0.15, 0.2) is 0 Å². The minimum atomic E-state index is -3.67. The van der Waals surface area contributed by atoms with E-state index in [1.807, 2.05) is 6.92 Å². The maximum atomic E-state index is 12.3. The Morgan fingerprint density at radius 2 is 2.00 bits per heavy atom. The zero-order valence-electron chi connectivity index (χ0n) is 11.9. The van der Waals surface area contributed by atoms with Crippen molar-refractivity contribution in [2.45, 2.75) is 20.3 Å². The smallest absolute Gasteiger partial charge is 0.309 e. The van der Waals surface area contributed by atoms with E-state index >= 15 is 0 Å². The molecule has 1 heterocycles. The molecule has 0 aromatic heterocycles. The van der Waals surface area contributed by atoms with Gasteiger partial charge in [0.25, 0.3) is 0 Å². The largest absolute Gasteiger partial charge is 0.481 e. The molecule has 1 rings (SSSR count). The Kier molecular flexibility index (Phi) is 5.52. The molecule has 3 unspecified atom stereocenters. The summed E-state index contributed by atoms with van der Waals surface area (Å²) in [6, 6.07) is 0. The quantitative estimate of drug-likeness (QED) is 0.726. The van der Waals surface area contributed by atoms with Crippen molar-refractivity contribution in [2.24, 2.45) is 17.8 Å². The number of sulfonamides is 1. The van der Waals surface area contributed by atoms with Crippen LogP contribution in [0, 0.1) is 17.8 Å². The highest BCUT2D eigenvalue weighted by molar-refractivity contribution is 7.89. The molecular weight excluding hydrogens is 286 g/mol. The van der Waals surface area contributed by atoms with E-state index in [2.05, 4.69) is 4.74 Å². The number of hydrogen-bond acceptors (Lipinski definition) is 5. The third-order valence-electron chi connectivity index (χ3n) is 3.43. The molecule has 0 aliphatic carbocycles. The van der Waals surface area contributed by atoms with Crippen LogP contribution in [0.1, 0.15) is 20.3 Å². The molecule has 1 fully saturated rings. The third-order valence-corrected chi connectivity index (χ3v) is 5.44. The Morgan fingerprint density at radius 3 is 2.50 bits per heavy atom. The Labute approximate surface area is 118 Å². The molecule has 0 aromatic rings. The fourth-order valence-electron chi connectivity index (χ4n) is 2.40. The van der Waals surface area contributed by atoms with Crippen molar-refractivity contribution in [3.63, 3.8) is 0 Å². The zero-order chi connectivity index (χ0) is 15.5. The second-order valence-electron chi connectivity index (χ2n) is 5.40. The molecule has 0 radical (unpaired) electrons. The molecule has 116 valence electrons. The van der Waals surface area contributed by atoms with Crippen molar-refractivity contribution in [1.82, 2.24) is 4.31 Å². The summed E-state index contributed by atoms with van der Waals surface area (Å²) in [6.45, 7) is 3.56. The number of carboxylic acids is 1. The number of esters is 1. The SMILES string of the molecule is COC(=O)C(C)CS(=O)(=O)N1CC(C)CC(C(=O)O)C1. The van der Waals surface area contributed by atoms with E-state index in [9.17, 15) is 18.0 Å². The first-order chi connectivity index (χ1) is 9.17. The van der Waals surface area contributed by atoms with Crippen LogP contribution in [0.2, 0.25) is 0 Å². The first-order valence-corrected chi connectivity index (χ1v) is 8.06. The van der Waals surface area contributed by atoms with Crippen molar-refractivity contribution in [2.75, 3.05) is 26.0 Å². The van der Waals surface area contributed by atoms with E-state index in [0.717, 1.165) is 0 Å². The molecule has 8 heteroatoms. The van der Waals surface area contributed by atoms with Gasteiger partial charge in [-0.15, -0.1) is 0 Å². The van der Waals surface area contributed by atoms with Gasteiger partial charge < -0.3 is 9.84 Å². The molecule has 1 aliphatic heterocycles. The highest BCUT2D eigenvalue weighted by Gasteiger charge is 2.36. The number of nitrogens with zero attached hydrogens (tertiary/aromatic N) is 1. The van der Waals surface area contributed by atoms with Crippen molar-refractivity contribution in [3.8, 4) is 0 Å². The predicted octanol–water partition coefficient (Wildman–Crippen LogP) is 0.168. The molecule has 1 N–H and O–H groups in total. The second kappa shape index (κ2) is 6.53. The number of methoxy groups -OCH3 is 1. The summed E-state index contributed by atoms with van der Waals surface area (Å²) in [5.41, 5.74) is 0. The summed E-state index contributed by atoms with van der Waals surface area (Å²) in [5.74, 6) is -3.43. The van der Waals surface area contributed by atoms with E-state index in [-0.39, 0.29) is 18.2 Å². The summed E-state index contributed by atoms with van der Waals surface area (Å²) in [7, 11) is -2.46. The number of ether oxygens (including phenoxy) is 1. The van der Waals surface area contributed by atoms with Crippen molar-refractivity contribution < 1.29 is 27.9 Å². The van der Waals surface area contributed by atoms with Gasteiger partial charge in [-0.25, -0.2) is 12.7 Å². The average molecular weight is 307 g/mol. The molecule has 0 aromatic carbocycles. The summed E-state index contributed by atoms with van der Waals surface area (Å²) in [6.07, 6.45) is 0.466. The number of hydrogen-bond donors (Lipinski definition) is 1. The van der Waals surface area contributed by atoms with Crippen LogP contribution in [-0.4, -0.2) is 55.7 Å². The van der Waals surface area contributed by atoms with Gasteiger partial charge in [0, 0.05) is 13.1 Å². The van der Waals surface area contributed by atoms with E-state index in [0.29, 0.717) is 13.0 Å². The first kappa shape index (κ1) is 16.9. The maximum Gasteiger partial charge on any atom is 0.309 e. The number of carbonyl (C=O) groups is 2. The summed E-state index contributed by atoms with van der Waals surface area (Å²) in [5, 5.41) is 9.05. The lowest BCUT2D eigenvalue weighted by molar-refractivity contribution is -0.145. The number of carbonyl (C=O) groups excluding carboxylic acids is 1. The molecular formula is C12H21NO6S. The summed E-state index contributed by atoms with van der Waals surface area (Å²) >= 11 is 0. The highest BCUT2D eigenvalue weighted by atomic mass is 32.2. The van der Waals surface area contributed by atoms with Gasteiger partial charge in [0.1, 0.15) is 0 Å². The number of carboxylic acid groups (broad SMARTS) is 1. The maximum absolute atomic E-state index is 12.3. The van der Waals surface area contributed by atoms with E-state index < -0.39 is 33.8 Å². The van der Waals surface area contributed by atoms with Crippen LogP contribution in [0.5, 0.6) is 0 Å². The monoisotopic (exact) mass is 307 g/mol. The highest BCUT2D eigenvalue weighted by Crippen LogP contribution is 2.25. The van der Waals surface area contributed by atoms with Crippen molar-refractivity contribution in [3.05, 3.63) is 0 Å². The van der Waals surface area contributed by atoms with Gasteiger partial charge in [-0.3, -0.25) is 9.59 Å². The van der Waals surface area contributed by atoms with Gasteiger partial charge in [-0.2, -0.15) is 0 Å². The fourth-order valence-corrected chi connectivity index (χ4v) is 4.27. The lowest BCUT2D eigenvalue weighted by Crippen LogP contribution is -2.47. The van der Waals surface area contributed by atoms with Crippen LogP contribution < -0.4 is 0 Å². The number of rotatable bonds is 5. The van der Waals surface area contributed by atoms with Crippen molar-refractivity contribution >= 4 is 22.0 Å². The van der Waals surface area contributed by atoms with Gasteiger partial charge in [-0.1, -0.05) is 13.8 Å². The topological polar surface area (TPSA) is 101 Å². The van der Waals surface area contributed by atoms with Gasteiger partial charge >= 0.3 is 11.9 Å². The number of aliphatic carboxylic acids is 1. The fraction of sp³-hybridized carbons (Fsp3) is 0.833. The van der Waals surface area contributed by atoms with Crippen LogP contribution in [0.25, 0.3) is 0 Å². The van der Waals surface area contributed by atoms with Crippen LogP contribution >= 0.6 is 0 Å². The van der Waals surface area contributed by atoms with Gasteiger partial charge in [0.05, 0.1) is 24.7 Å². The molecule has 0 spiro atoms. The van der Waals surface area contributed by atoms with Gasteiger partial charge in [-0.05, 0) is 12.3 Å². The third kappa shape index (κ3) is 4.17. The minimum Gasteiger partial charge on any atom is -0.481 e. The van der Waals surface area contributed by atoms with E-state index in [4.69, 9.17) is 5.11 Å². The molecule has 0 amide bonds. The average Bonchev–Trinajstić information content (AvgIpc) is 2.36. The molecule has 3 atom stereocenters. The van der Waals surface area contributed by atoms with Crippen LogP contribution in [0.4, 0.5) is 0 Å². The molecule has 0 bridgehead atoms. The normalized spacial score (nSPS) is 25.9. The van der Waals surface area contributed by atoms with E-state index in [1.54, 1.807) is 0 Å². The Bertz CT molecular complexity index is 474. The standard InChI is InChI=1S/C12H21NO6S/c1-8-4-10(11(14)15)6-13(5-8)20(17,18)7-9(2)12(16)19-3/h8-10H,4-7H2,1-3H3,(H,14,15). The van der Waals surface area contributed by atoms with E-state index in [1.165, 1.54) is 18.3 Å². The van der Waals surface area contributed by atoms with Crippen LogP contribution in [0.3, 0.4) is 0 Å². The summed E-state index contributed by atoms with van der Waals surface area (Å²) < 4.78 is 30.2. The first-order valence-electron chi connectivity index (χ1n) is 6.45. The van der Waals surface area contributed by atoms with Crippen molar-refractivity contribution in [1.29, 1.82) is 0 Å². The van der Waals surface area contributed by atoms with Crippen LogP contribution in [-0.2, 0) is 24.3 Å². The Balaban J connectivity index is 2.80. The lowest BCUT2D eigenvalue weighted by Gasteiger charge is -2.34. The molecule has 20 heavy (non-hydrogen) atoms. The zero-order valence-corrected chi connectivity index (χ0v) is 12.7. The number of piperidine rings is 1. The minimum absolute atomic E-state index is 0.0203. The lowest BCUT2D eigenvalue weighted by atomic mass is 9.92. The van der Waals surface area contributed by atoms with Gasteiger partial charge in [0.15, 0.2) is 0 Å². The Hall–Kier alpha value is -1.15.